The molecule has 0 spiro atoms. The van der Waals surface area contributed by atoms with E-state index in [0.717, 1.165) is 37.4 Å². The number of thioether (sulfide) groups is 1. The summed E-state index contributed by atoms with van der Waals surface area (Å²) in [4.78, 5) is 4.27. The highest BCUT2D eigenvalue weighted by Crippen LogP contribution is 2.27. The first-order valence-corrected chi connectivity index (χ1v) is 8.66. The number of unbranched alkanes of at least 4 members (excludes halogenated alkanes) is 1. The van der Waals surface area contributed by atoms with E-state index in [1.807, 2.05) is 18.8 Å². The molecule has 2 atom stereocenters. The van der Waals surface area contributed by atoms with E-state index >= 15 is 0 Å². The predicted molar refractivity (Wildman–Crippen MR) is 85.2 cm³/mol. The van der Waals surface area contributed by atoms with Gasteiger partial charge in [0, 0.05) is 31.5 Å². The molecule has 4 nitrogen and oxygen atoms in total. The Kier molecular flexibility index (Phi) is 9.08. The lowest BCUT2D eigenvalue weighted by atomic mass is 10.2. The molecule has 0 amide bonds. The van der Waals surface area contributed by atoms with Gasteiger partial charge in [-0.2, -0.15) is 11.8 Å². The summed E-state index contributed by atoms with van der Waals surface area (Å²) >= 11 is 1.98. The van der Waals surface area contributed by atoms with Crippen molar-refractivity contribution in [1.82, 2.24) is 10.6 Å². The highest BCUT2D eigenvalue weighted by Gasteiger charge is 2.24. The minimum absolute atomic E-state index is 0.574. The van der Waals surface area contributed by atoms with Gasteiger partial charge in [0.25, 0.3) is 0 Å². The Morgan fingerprint density at radius 3 is 2.84 bits per heavy atom. The molecule has 0 saturated heterocycles. The van der Waals surface area contributed by atoms with Gasteiger partial charge in [0.2, 0.25) is 0 Å². The fourth-order valence-electron chi connectivity index (χ4n) is 2.26. The van der Waals surface area contributed by atoms with E-state index < -0.39 is 0 Å². The van der Waals surface area contributed by atoms with E-state index in [9.17, 15) is 0 Å². The third-order valence-electron chi connectivity index (χ3n) is 3.46. The molecule has 1 saturated carbocycles. The molecule has 2 N–H and O–H groups in total. The van der Waals surface area contributed by atoms with Crippen LogP contribution >= 0.6 is 11.8 Å². The van der Waals surface area contributed by atoms with Crippen LogP contribution in [0.4, 0.5) is 0 Å². The average molecular weight is 287 g/mol. The van der Waals surface area contributed by atoms with Crippen molar-refractivity contribution in [2.24, 2.45) is 4.99 Å². The van der Waals surface area contributed by atoms with E-state index in [1.165, 1.54) is 25.7 Å². The third kappa shape index (κ3) is 7.06. The zero-order chi connectivity index (χ0) is 13.9. The quantitative estimate of drug-likeness (QED) is 0.408. The molecule has 0 heterocycles. The van der Waals surface area contributed by atoms with Crippen molar-refractivity contribution in [3.8, 4) is 0 Å². The largest absolute Gasteiger partial charge is 0.380 e. The Morgan fingerprint density at radius 1 is 1.37 bits per heavy atom. The molecule has 1 fully saturated rings. The van der Waals surface area contributed by atoms with Crippen molar-refractivity contribution in [1.29, 1.82) is 0 Å². The average Bonchev–Trinajstić information content (AvgIpc) is 2.89. The van der Waals surface area contributed by atoms with Gasteiger partial charge < -0.3 is 15.4 Å². The fourth-order valence-corrected chi connectivity index (χ4v) is 3.06. The van der Waals surface area contributed by atoms with Crippen LogP contribution in [0.2, 0.25) is 0 Å². The maximum atomic E-state index is 5.52. The van der Waals surface area contributed by atoms with Gasteiger partial charge in [0.15, 0.2) is 5.96 Å². The number of nitrogens with one attached hydrogen (secondary N) is 2. The molecule has 19 heavy (non-hydrogen) atoms. The summed E-state index contributed by atoms with van der Waals surface area (Å²) in [6.07, 6.45) is 8.35. The Morgan fingerprint density at radius 2 is 2.21 bits per heavy atom. The number of aliphatic imine (C=N–C) groups is 1. The fraction of sp³-hybridized carbons (Fsp3) is 0.929. The Bertz CT molecular complexity index is 261. The van der Waals surface area contributed by atoms with Gasteiger partial charge in [0.1, 0.15) is 0 Å². The van der Waals surface area contributed by atoms with Gasteiger partial charge in [-0.25, -0.2) is 0 Å². The minimum atomic E-state index is 0.574. The Hall–Kier alpha value is -0.420. The summed E-state index contributed by atoms with van der Waals surface area (Å²) in [6.45, 7) is 4.61. The lowest BCUT2D eigenvalue weighted by Gasteiger charge is -2.17. The maximum absolute atomic E-state index is 5.52. The van der Waals surface area contributed by atoms with E-state index in [4.69, 9.17) is 4.74 Å². The number of rotatable bonds is 8. The second kappa shape index (κ2) is 10.4. The molecule has 112 valence electrons. The maximum Gasteiger partial charge on any atom is 0.191 e. The van der Waals surface area contributed by atoms with Crippen LogP contribution in [0.3, 0.4) is 0 Å². The molecule has 1 rings (SSSR count). The van der Waals surface area contributed by atoms with Gasteiger partial charge in [-0.15, -0.1) is 0 Å². The van der Waals surface area contributed by atoms with Gasteiger partial charge in [-0.05, 0) is 31.9 Å². The Labute approximate surface area is 122 Å². The zero-order valence-corrected chi connectivity index (χ0v) is 13.4. The van der Waals surface area contributed by atoms with Crippen molar-refractivity contribution in [2.75, 3.05) is 33.1 Å². The molecule has 1 aliphatic rings. The van der Waals surface area contributed by atoms with Crippen molar-refractivity contribution >= 4 is 17.7 Å². The summed E-state index contributed by atoms with van der Waals surface area (Å²) in [7, 11) is 1.83. The summed E-state index contributed by atoms with van der Waals surface area (Å²) in [5.41, 5.74) is 0. The summed E-state index contributed by atoms with van der Waals surface area (Å²) in [5.74, 6) is 0.908. The molecule has 0 radical (unpaired) electrons. The molecule has 0 aromatic carbocycles. The lowest BCUT2D eigenvalue weighted by molar-refractivity contribution is 0.136. The van der Waals surface area contributed by atoms with Crippen LogP contribution in [0.15, 0.2) is 4.99 Å². The van der Waals surface area contributed by atoms with Crippen molar-refractivity contribution in [3.63, 3.8) is 0 Å². The highest BCUT2D eigenvalue weighted by atomic mass is 32.2. The lowest BCUT2D eigenvalue weighted by Crippen LogP contribution is -2.43. The molecule has 0 bridgehead atoms. The number of ether oxygens (including phenoxy) is 1. The molecule has 0 aromatic rings. The van der Waals surface area contributed by atoms with E-state index in [0.29, 0.717) is 6.04 Å². The van der Waals surface area contributed by atoms with E-state index in [1.54, 1.807) is 0 Å². The highest BCUT2D eigenvalue weighted by molar-refractivity contribution is 7.99. The van der Waals surface area contributed by atoms with Gasteiger partial charge in [-0.1, -0.05) is 13.3 Å². The zero-order valence-electron chi connectivity index (χ0n) is 12.6. The van der Waals surface area contributed by atoms with E-state index in [2.05, 4.69) is 28.8 Å². The topological polar surface area (TPSA) is 45.6 Å². The molecule has 2 unspecified atom stereocenters. The molecular formula is C14H29N3OS. The van der Waals surface area contributed by atoms with Crippen LogP contribution in [0.1, 0.15) is 39.0 Å². The smallest absolute Gasteiger partial charge is 0.191 e. The standard InChI is InChI=1S/C14H29N3OS/c1-4-5-9-18-10-8-16-14(15-2)17-12-6-7-13(11-12)19-3/h12-13H,4-11H2,1-3H3,(H2,15,16,17). The normalized spacial score (nSPS) is 23.6. The number of hydrogen-bond donors (Lipinski definition) is 2. The predicted octanol–water partition coefficient (Wildman–Crippen LogP) is 2.25. The van der Waals surface area contributed by atoms with Crippen molar-refractivity contribution in [3.05, 3.63) is 0 Å². The number of guanidine groups is 1. The van der Waals surface area contributed by atoms with Gasteiger partial charge >= 0.3 is 0 Å². The summed E-state index contributed by atoms with van der Waals surface area (Å²) < 4.78 is 5.52. The van der Waals surface area contributed by atoms with Crippen molar-refractivity contribution < 1.29 is 4.74 Å². The molecule has 1 aliphatic carbocycles. The first-order valence-electron chi connectivity index (χ1n) is 7.37. The van der Waals surface area contributed by atoms with E-state index in [-0.39, 0.29) is 0 Å². The van der Waals surface area contributed by atoms with Crippen LogP contribution in [0.25, 0.3) is 0 Å². The van der Waals surface area contributed by atoms with Crippen LogP contribution in [0.5, 0.6) is 0 Å². The number of hydrogen-bond acceptors (Lipinski definition) is 3. The van der Waals surface area contributed by atoms with Crippen LogP contribution in [-0.2, 0) is 4.74 Å². The summed E-state index contributed by atoms with van der Waals surface area (Å²) in [5, 5.41) is 7.63. The SMILES string of the molecule is CCCCOCCNC(=NC)NC1CCC(SC)C1. The van der Waals surface area contributed by atoms with Gasteiger partial charge in [-0.3, -0.25) is 4.99 Å². The summed E-state index contributed by atoms with van der Waals surface area (Å²) in [6, 6.07) is 0.574. The molecular weight excluding hydrogens is 258 g/mol. The van der Waals surface area contributed by atoms with Crippen LogP contribution in [-0.4, -0.2) is 50.3 Å². The molecule has 5 heteroatoms. The van der Waals surface area contributed by atoms with Gasteiger partial charge in [0.05, 0.1) is 6.61 Å². The number of nitrogens with zero attached hydrogens (tertiary/aromatic N) is 1. The van der Waals surface area contributed by atoms with Crippen LogP contribution in [0, 0.1) is 0 Å². The second-order valence-electron chi connectivity index (χ2n) is 4.98. The minimum Gasteiger partial charge on any atom is -0.380 e. The monoisotopic (exact) mass is 287 g/mol. The van der Waals surface area contributed by atoms with Crippen LogP contribution < -0.4 is 10.6 Å². The molecule has 0 aliphatic heterocycles. The Balaban J connectivity index is 2.10. The first-order chi connectivity index (χ1) is 9.30. The second-order valence-corrected chi connectivity index (χ2v) is 6.12. The first kappa shape index (κ1) is 16.6. The molecule has 0 aromatic heterocycles. The van der Waals surface area contributed by atoms with Crippen molar-refractivity contribution in [2.45, 2.75) is 50.3 Å². The third-order valence-corrected chi connectivity index (χ3v) is 4.56.